The third-order valence-electron chi connectivity index (χ3n) is 3.08. The average Bonchev–Trinajstić information content (AvgIpc) is 2.25. The van der Waals surface area contributed by atoms with Crippen LogP contribution >= 0.6 is 0 Å². The number of primary amides is 1. The molecule has 1 aromatic rings. The monoisotopic (exact) mass is 275 g/mol. The first-order valence-electron chi connectivity index (χ1n) is 6.75. The van der Waals surface area contributed by atoms with E-state index >= 15 is 0 Å². The van der Waals surface area contributed by atoms with Crippen LogP contribution in [0.25, 0.3) is 0 Å². The molecule has 0 radical (unpaired) electrons. The Morgan fingerprint density at radius 3 is 1.85 bits per heavy atom. The second-order valence-electron chi connectivity index (χ2n) is 7.08. The fraction of sp³-hybridized carbons (Fsp3) is 0.500. The van der Waals surface area contributed by atoms with E-state index in [-0.39, 0.29) is 10.8 Å². The van der Waals surface area contributed by atoms with E-state index in [2.05, 4.69) is 70.3 Å². The van der Waals surface area contributed by atoms with E-state index in [1.165, 1.54) is 11.1 Å². The van der Waals surface area contributed by atoms with Crippen LogP contribution in [0.15, 0.2) is 23.3 Å². The van der Waals surface area contributed by atoms with Crippen molar-refractivity contribution in [3.63, 3.8) is 0 Å². The Morgan fingerprint density at radius 2 is 1.50 bits per heavy atom. The number of carbonyl (C=O) groups is 1. The summed E-state index contributed by atoms with van der Waals surface area (Å²) >= 11 is 0. The molecule has 0 spiro atoms. The second kappa shape index (κ2) is 5.65. The van der Waals surface area contributed by atoms with E-state index < -0.39 is 6.03 Å². The van der Waals surface area contributed by atoms with Gasteiger partial charge >= 0.3 is 6.03 Å². The molecule has 0 aliphatic heterocycles. The van der Waals surface area contributed by atoms with Gasteiger partial charge < -0.3 is 5.73 Å². The smallest absolute Gasteiger partial charge is 0.332 e. The van der Waals surface area contributed by atoms with E-state index in [0.717, 1.165) is 5.56 Å². The van der Waals surface area contributed by atoms with Gasteiger partial charge in [-0.3, -0.25) is 0 Å². The van der Waals surface area contributed by atoms with E-state index in [0.29, 0.717) is 0 Å². The summed E-state index contributed by atoms with van der Waals surface area (Å²) in [6, 6.07) is 5.74. The first-order valence-corrected chi connectivity index (χ1v) is 6.75. The van der Waals surface area contributed by atoms with Crippen molar-refractivity contribution in [2.45, 2.75) is 52.4 Å². The van der Waals surface area contributed by atoms with Crippen LogP contribution in [0, 0.1) is 0 Å². The number of amides is 2. The van der Waals surface area contributed by atoms with Crippen molar-refractivity contribution in [2.75, 3.05) is 0 Å². The summed E-state index contributed by atoms with van der Waals surface area (Å²) in [4.78, 5) is 10.6. The lowest BCUT2D eigenvalue weighted by atomic mass is 9.80. The van der Waals surface area contributed by atoms with Gasteiger partial charge in [-0.15, -0.1) is 0 Å². The number of hydrogen-bond donors (Lipinski definition) is 2. The maximum absolute atomic E-state index is 10.6. The van der Waals surface area contributed by atoms with Crippen molar-refractivity contribution in [1.82, 2.24) is 5.43 Å². The highest BCUT2D eigenvalue weighted by molar-refractivity contribution is 5.82. The highest BCUT2D eigenvalue weighted by Gasteiger charge is 2.20. The van der Waals surface area contributed by atoms with Gasteiger partial charge in [0.25, 0.3) is 0 Å². The molecule has 0 unspecified atom stereocenters. The number of rotatable bonds is 2. The number of nitrogens with zero attached hydrogens (tertiary/aromatic N) is 1. The van der Waals surface area contributed by atoms with Crippen molar-refractivity contribution in [3.05, 3.63) is 34.9 Å². The molecular formula is C16H25N3O. The molecule has 4 heteroatoms. The lowest BCUT2D eigenvalue weighted by Gasteiger charge is -2.25. The van der Waals surface area contributed by atoms with Crippen LogP contribution in [0.3, 0.4) is 0 Å². The lowest BCUT2D eigenvalue weighted by Crippen LogP contribution is -2.24. The molecule has 0 bridgehead atoms. The normalized spacial score (nSPS) is 12.7. The van der Waals surface area contributed by atoms with Gasteiger partial charge in [0.2, 0.25) is 0 Å². The first kappa shape index (κ1) is 16.2. The summed E-state index contributed by atoms with van der Waals surface area (Å²) < 4.78 is 0. The topological polar surface area (TPSA) is 67.5 Å². The molecule has 0 saturated carbocycles. The van der Waals surface area contributed by atoms with Crippen LogP contribution in [-0.4, -0.2) is 12.2 Å². The maximum Gasteiger partial charge on any atom is 0.332 e. The standard InChI is InChI=1S/C16H25N3O/c1-15(2,3)12-7-11(10-18-19-14(17)20)8-13(9-12)16(4,5)6/h7-10H,1-6H3,(H3,17,19,20). The Kier molecular flexibility index (Phi) is 4.58. The van der Waals surface area contributed by atoms with Crippen molar-refractivity contribution in [2.24, 2.45) is 10.8 Å². The molecule has 4 nitrogen and oxygen atoms in total. The minimum Gasteiger partial charge on any atom is -0.350 e. The van der Waals surface area contributed by atoms with Crippen LogP contribution in [0.2, 0.25) is 0 Å². The summed E-state index contributed by atoms with van der Waals surface area (Å²) in [5, 5.41) is 3.84. The van der Waals surface area contributed by atoms with Crippen LogP contribution in [0.1, 0.15) is 58.2 Å². The van der Waals surface area contributed by atoms with E-state index in [1.54, 1.807) is 6.21 Å². The number of hydrogen-bond acceptors (Lipinski definition) is 2. The molecule has 1 rings (SSSR count). The van der Waals surface area contributed by atoms with Gasteiger partial charge in [0, 0.05) is 0 Å². The fourth-order valence-electron chi connectivity index (χ4n) is 1.76. The third-order valence-corrected chi connectivity index (χ3v) is 3.08. The van der Waals surface area contributed by atoms with Crippen LogP contribution in [0.5, 0.6) is 0 Å². The number of nitrogens with two attached hydrogens (primary N) is 1. The van der Waals surface area contributed by atoms with E-state index in [4.69, 9.17) is 5.73 Å². The number of nitrogens with one attached hydrogen (secondary N) is 1. The molecular weight excluding hydrogens is 250 g/mol. The fourth-order valence-corrected chi connectivity index (χ4v) is 1.76. The molecule has 2 amide bonds. The minimum atomic E-state index is -0.663. The highest BCUT2D eigenvalue weighted by Crippen LogP contribution is 2.29. The zero-order chi connectivity index (χ0) is 15.6. The number of urea groups is 1. The molecule has 1 aromatic carbocycles. The quantitative estimate of drug-likeness (QED) is 0.631. The lowest BCUT2D eigenvalue weighted by molar-refractivity contribution is 0.249. The zero-order valence-corrected chi connectivity index (χ0v) is 13.2. The summed E-state index contributed by atoms with van der Waals surface area (Å²) in [5.41, 5.74) is 10.8. The minimum absolute atomic E-state index is 0.0565. The Hall–Kier alpha value is -1.84. The summed E-state index contributed by atoms with van der Waals surface area (Å²) in [6.45, 7) is 13.1. The molecule has 0 fully saturated rings. The molecule has 0 saturated heterocycles. The average molecular weight is 275 g/mol. The zero-order valence-electron chi connectivity index (χ0n) is 13.2. The Balaban J connectivity index is 3.24. The molecule has 0 heterocycles. The van der Waals surface area contributed by atoms with Gasteiger partial charge in [-0.1, -0.05) is 47.6 Å². The molecule has 3 N–H and O–H groups in total. The van der Waals surface area contributed by atoms with Crippen molar-refractivity contribution in [3.8, 4) is 0 Å². The summed E-state index contributed by atoms with van der Waals surface area (Å²) in [7, 11) is 0. The largest absolute Gasteiger partial charge is 0.350 e. The van der Waals surface area contributed by atoms with E-state index in [1.807, 2.05) is 0 Å². The molecule has 0 aliphatic carbocycles. The second-order valence-corrected chi connectivity index (χ2v) is 7.08. The molecule has 20 heavy (non-hydrogen) atoms. The van der Waals surface area contributed by atoms with Crippen molar-refractivity contribution < 1.29 is 4.79 Å². The molecule has 0 aromatic heterocycles. The van der Waals surface area contributed by atoms with Gasteiger partial charge in [0.05, 0.1) is 6.21 Å². The highest BCUT2D eigenvalue weighted by atomic mass is 16.2. The van der Waals surface area contributed by atoms with Gasteiger partial charge in [-0.05, 0) is 39.7 Å². The van der Waals surface area contributed by atoms with Crippen molar-refractivity contribution in [1.29, 1.82) is 0 Å². The van der Waals surface area contributed by atoms with Gasteiger partial charge in [0.15, 0.2) is 0 Å². The third kappa shape index (κ3) is 4.68. The molecule has 0 atom stereocenters. The number of benzene rings is 1. The van der Waals surface area contributed by atoms with Gasteiger partial charge in [0.1, 0.15) is 0 Å². The number of hydrazone groups is 1. The molecule has 110 valence electrons. The Labute approximate surface area is 121 Å². The van der Waals surface area contributed by atoms with Crippen molar-refractivity contribution >= 4 is 12.2 Å². The van der Waals surface area contributed by atoms with Crippen LogP contribution in [-0.2, 0) is 10.8 Å². The first-order chi connectivity index (χ1) is 9.00. The predicted molar refractivity (Wildman–Crippen MR) is 84.2 cm³/mol. The summed E-state index contributed by atoms with van der Waals surface area (Å²) in [6.07, 6.45) is 1.62. The maximum atomic E-state index is 10.6. The predicted octanol–water partition coefficient (Wildman–Crippen LogP) is 3.28. The van der Waals surface area contributed by atoms with Gasteiger partial charge in [-0.25, -0.2) is 10.2 Å². The van der Waals surface area contributed by atoms with Crippen LogP contribution < -0.4 is 11.2 Å². The Bertz CT molecular complexity index is 487. The Morgan fingerprint density at radius 1 is 1.05 bits per heavy atom. The SMILES string of the molecule is CC(C)(C)c1cc(C=NNC(N)=O)cc(C(C)(C)C)c1. The van der Waals surface area contributed by atoms with E-state index in [9.17, 15) is 4.79 Å². The van der Waals surface area contributed by atoms with Crippen LogP contribution in [0.4, 0.5) is 4.79 Å². The van der Waals surface area contributed by atoms with Gasteiger partial charge in [-0.2, -0.15) is 5.10 Å². The number of carbonyl (C=O) groups excluding carboxylic acids is 1. The summed E-state index contributed by atoms with van der Waals surface area (Å²) in [5.74, 6) is 0. The molecule has 0 aliphatic rings.